The fraction of sp³-hybridized carbons (Fsp3) is 0.125. The van der Waals surface area contributed by atoms with Gasteiger partial charge in [-0.05, 0) is 42.8 Å². The summed E-state index contributed by atoms with van der Waals surface area (Å²) in [7, 11) is 0. The molecule has 11 heavy (non-hydrogen) atoms. The van der Waals surface area contributed by atoms with E-state index in [1.165, 1.54) is 11.0 Å². The molecule has 0 bridgehead atoms. The summed E-state index contributed by atoms with van der Waals surface area (Å²) in [6, 6.07) is 3.96. The lowest BCUT2D eigenvalue weighted by Gasteiger charge is -1.79. The number of halogens is 1. The normalized spacial score (nSPS) is 10.7. The van der Waals surface area contributed by atoms with Gasteiger partial charge in [-0.25, -0.2) is 0 Å². The van der Waals surface area contributed by atoms with E-state index < -0.39 is 5.24 Å². The monoisotopic (exact) mass is 186 g/mol. The quantitative estimate of drug-likeness (QED) is 0.513. The average Bonchev–Trinajstić information content (AvgIpc) is 2.31. The van der Waals surface area contributed by atoms with Gasteiger partial charge in [-0.2, -0.15) is 0 Å². The maximum atomic E-state index is 10.3. The molecule has 1 aromatic rings. The molecule has 1 heterocycles. The fourth-order valence-corrected chi connectivity index (χ4v) is 1.53. The first-order valence-electron chi connectivity index (χ1n) is 3.12. The lowest BCUT2D eigenvalue weighted by Crippen LogP contribution is -1.72. The molecule has 1 rings (SSSR count). The van der Waals surface area contributed by atoms with Crippen molar-refractivity contribution in [3.8, 4) is 0 Å². The molecule has 0 spiro atoms. The van der Waals surface area contributed by atoms with Crippen LogP contribution in [0.1, 0.15) is 9.75 Å². The maximum absolute atomic E-state index is 10.3. The van der Waals surface area contributed by atoms with Crippen molar-refractivity contribution in [1.29, 1.82) is 0 Å². The van der Waals surface area contributed by atoms with Gasteiger partial charge >= 0.3 is 0 Å². The van der Waals surface area contributed by atoms with Gasteiger partial charge < -0.3 is 0 Å². The Kier molecular flexibility index (Phi) is 2.85. The van der Waals surface area contributed by atoms with Gasteiger partial charge in [0.25, 0.3) is 0 Å². The summed E-state index contributed by atoms with van der Waals surface area (Å²) < 4.78 is 0. The molecule has 1 nitrogen and oxygen atoms in total. The third-order valence-electron chi connectivity index (χ3n) is 1.14. The van der Waals surface area contributed by atoms with Crippen LogP contribution in [0.3, 0.4) is 0 Å². The molecule has 0 saturated carbocycles. The highest BCUT2D eigenvalue weighted by molar-refractivity contribution is 7.12. The molecule has 0 aliphatic carbocycles. The predicted molar refractivity (Wildman–Crippen MR) is 49.0 cm³/mol. The van der Waals surface area contributed by atoms with Crippen molar-refractivity contribution in [2.45, 2.75) is 6.92 Å². The molecule has 0 aliphatic heterocycles. The van der Waals surface area contributed by atoms with E-state index in [4.69, 9.17) is 11.6 Å². The molecular formula is C8H7ClOS. The second-order valence-corrected chi connectivity index (χ2v) is 3.78. The molecule has 0 radical (unpaired) electrons. The number of rotatable bonds is 2. The first-order chi connectivity index (χ1) is 5.18. The molecule has 0 saturated heterocycles. The van der Waals surface area contributed by atoms with Crippen molar-refractivity contribution in [3.63, 3.8) is 0 Å². The lowest BCUT2D eigenvalue weighted by molar-refractivity contribution is -0.107. The number of allylic oxidation sites excluding steroid dienone is 1. The van der Waals surface area contributed by atoms with E-state index in [9.17, 15) is 4.79 Å². The summed E-state index contributed by atoms with van der Waals surface area (Å²) in [5.74, 6) is 0. The van der Waals surface area contributed by atoms with E-state index in [2.05, 4.69) is 0 Å². The zero-order valence-electron chi connectivity index (χ0n) is 6.00. The predicted octanol–water partition coefficient (Wildman–Crippen LogP) is 2.84. The summed E-state index contributed by atoms with van der Waals surface area (Å²) in [5, 5.41) is -0.434. The van der Waals surface area contributed by atoms with Crippen LogP contribution in [0, 0.1) is 6.92 Å². The van der Waals surface area contributed by atoms with Crippen LogP contribution in [0.5, 0.6) is 0 Å². The second kappa shape index (κ2) is 3.69. The molecule has 1 aromatic heterocycles. The number of hydrogen-bond donors (Lipinski definition) is 0. The van der Waals surface area contributed by atoms with Crippen LogP contribution < -0.4 is 0 Å². The van der Waals surface area contributed by atoms with Gasteiger partial charge in [0.05, 0.1) is 0 Å². The average molecular weight is 187 g/mol. The highest BCUT2D eigenvalue weighted by atomic mass is 35.5. The first-order valence-corrected chi connectivity index (χ1v) is 4.32. The maximum Gasteiger partial charge on any atom is 0.245 e. The largest absolute Gasteiger partial charge is 0.276 e. The van der Waals surface area contributed by atoms with Crippen LogP contribution in [0.25, 0.3) is 6.08 Å². The third kappa shape index (κ3) is 2.87. The van der Waals surface area contributed by atoms with Gasteiger partial charge in [0.15, 0.2) is 0 Å². The SMILES string of the molecule is Cc1ccc(C=CC(=O)Cl)s1. The summed E-state index contributed by atoms with van der Waals surface area (Å²) in [6.45, 7) is 2.02. The highest BCUT2D eigenvalue weighted by Crippen LogP contribution is 2.16. The molecule has 0 atom stereocenters. The molecule has 0 aromatic carbocycles. The molecule has 3 heteroatoms. The summed E-state index contributed by atoms with van der Waals surface area (Å²) in [4.78, 5) is 12.6. The molecule has 0 fully saturated rings. The highest BCUT2D eigenvalue weighted by Gasteiger charge is 1.91. The van der Waals surface area contributed by atoms with E-state index in [1.54, 1.807) is 17.4 Å². The fourth-order valence-electron chi connectivity index (χ4n) is 0.691. The number of carbonyl (C=O) groups excluding carboxylic acids is 1. The molecule has 0 aliphatic rings. The Bertz CT molecular complexity index is 288. The Morgan fingerprint density at radius 3 is 2.82 bits per heavy atom. The topological polar surface area (TPSA) is 17.1 Å². The van der Waals surface area contributed by atoms with E-state index in [1.807, 2.05) is 19.1 Å². The van der Waals surface area contributed by atoms with Crippen LogP contribution >= 0.6 is 22.9 Å². The van der Waals surface area contributed by atoms with Crippen LogP contribution in [-0.4, -0.2) is 5.24 Å². The van der Waals surface area contributed by atoms with Crippen LogP contribution in [0.2, 0.25) is 0 Å². The molecule has 0 unspecified atom stereocenters. The van der Waals surface area contributed by atoms with Crippen molar-refractivity contribution in [2.24, 2.45) is 0 Å². The zero-order chi connectivity index (χ0) is 8.27. The molecular weight excluding hydrogens is 180 g/mol. The van der Waals surface area contributed by atoms with Crippen LogP contribution in [0.15, 0.2) is 18.2 Å². The van der Waals surface area contributed by atoms with E-state index in [0.717, 1.165) is 4.88 Å². The van der Waals surface area contributed by atoms with E-state index in [-0.39, 0.29) is 0 Å². The Balaban J connectivity index is 2.71. The van der Waals surface area contributed by atoms with Crippen molar-refractivity contribution >= 4 is 34.3 Å². The van der Waals surface area contributed by atoms with Crippen LogP contribution in [0.4, 0.5) is 0 Å². The van der Waals surface area contributed by atoms with Crippen molar-refractivity contribution in [3.05, 3.63) is 28.0 Å². The Morgan fingerprint density at radius 1 is 1.64 bits per heavy atom. The smallest absolute Gasteiger partial charge is 0.245 e. The Morgan fingerprint density at radius 2 is 2.36 bits per heavy atom. The van der Waals surface area contributed by atoms with Gasteiger partial charge in [0.2, 0.25) is 5.24 Å². The number of carbonyl (C=O) groups is 1. The minimum atomic E-state index is -0.434. The zero-order valence-corrected chi connectivity index (χ0v) is 7.58. The van der Waals surface area contributed by atoms with Gasteiger partial charge in [-0.3, -0.25) is 4.79 Å². The Hall–Kier alpha value is -0.600. The van der Waals surface area contributed by atoms with Crippen molar-refractivity contribution in [1.82, 2.24) is 0 Å². The summed E-state index contributed by atoms with van der Waals surface area (Å²) >= 11 is 6.75. The van der Waals surface area contributed by atoms with Gasteiger partial charge in [0, 0.05) is 9.75 Å². The van der Waals surface area contributed by atoms with Gasteiger partial charge in [-0.1, -0.05) is 0 Å². The standard InChI is InChI=1S/C8H7ClOS/c1-6-2-3-7(11-6)4-5-8(9)10/h2-5H,1H3. The Labute approximate surface area is 74.3 Å². The number of hydrogen-bond acceptors (Lipinski definition) is 2. The summed E-state index contributed by atoms with van der Waals surface area (Å²) in [6.07, 6.45) is 3.07. The van der Waals surface area contributed by atoms with Crippen molar-refractivity contribution in [2.75, 3.05) is 0 Å². The minimum Gasteiger partial charge on any atom is -0.276 e. The van der Waals surface area contributed by atoms with Gasteiger partial charge in [-0.15, -0.1) is 11.3 Å². The molecule has 0 amide bonds. The second-order valence-electron chi connectivity index (χ2n) is 2.09. The third-order valence-corrected chi connectivity index (χ3v) is 2.23. The molecule has 0 N–H and O–H groups in total. The van der Waals surface area contributed by atoms with E-state index in [0.29, 0.717) is 0 Å². The first kappa shape index (κ1) is 8.50. The van der Waals surface area contributed by atoms with E-state index >= 15 is 0 Å². The van der Waals surface area contributed by atoms with Crippen LogP contribution in [-0.2, 0) is 4.79 Å². The van der Waals surface area contributed by atoms with Gasteiger partial charge in [0.1, 0.15) is 0 Å². The number of thiophene rings is 1. The lowest BCUT2D eigenvalue weighted by atomic mass is 10.4. The summed E-state index contributed by atoms with van der Waals surface area (Å²) in [5.41, 5.74) is 0. The minimum absolute atomic E-state index is 0.434. The molecule has 58 valence electrons. The van der Waals surface area contributed by atoms with Crippen molar-refractivity contribution < 1.29 is 4.79 Å². The number of aryl methyl sites for hydroxylation is 1.